The molecule has 1 fully saturated rings. The Morgan fingerprint density at radius 1 is 1.25 bits per heavy atom. The van der Waals surface area contributed by atoms with Crippen molar-refractivity contribution in [3.05, 3.63) is 0 Å². The smallest absolute Gasteiger partial charge is 0.147 e. The van der Waals surface area contributed by atoms with Crippen LogP contribution in [0.5, 0.6) is 0 Å². The lowest BCUT2D eigenvalue weighted by molar-refractivity contribution is -0.0961. The van der Waals surface area contributed by atoms with Gasteiger partial charge in [0, 0.05) is 12.6 Å². The quantitative estimate of drug-likeness (QED) is 0.514. The molecule has 0 aliphatic heterocycles. The summed E-state index contributed by atoms with van der Waals surface area (Å²) in [7, 11) is 0. The molecule has 2 N–H and O–H groups in total. The van der Waals surface area contributed by atoms with Crippen molar-refractivity contribution in [2.75, 3.05) is 13.4 Å². The molecule has 3 heteroatoms. The van der Waals surface area contributed by atoms with E-state index in [-0.39, 0.29) is 0 Å². The fourth-order valence-electron chi connectivity index (χ4n) is 1.48. The molecule has 0 radical (unpaired) electrons. The average molecular weight is 173 g/mol. The van der Waals surface area contributed by atoms with Crippen molar-refractivity contribution in [3.63, 3.8) is 0 Å². The molecule has 0 saturated heterocycles. The summed E-state index contributed by atoms with van der Waals surface area (Å²) in [4.78, 5) is 0. The van der Waals surface area contributed by atoms with Gasteiger partial charge in [-0.3, -0.25) is 0 Å². The number of rotatable bonds is 4. The van der Waals surface area contributed by atoms with Gasteiger partial charge in [0.15, 0.2) is 0 Å². The zero-order chi connectivity index (χ0) is 8.81. The normalized spacial score (nSPS) is 30.5. The second-order valence-electron chi connectivity index (χ2n) is 3.31. The van der Waals surface area contributed by atoms with Gasteiger partial charge in [0.05, 0.1) is 6.10 Å². The summed E-state index contributed by atoms with van der Waals surface area (Å²) >= 11 is 0. The van der Waals surface area contributed by atoms with Crippen LogP contribution < -0.4 is 5.73 Å². The van der Waals surface area contributed by atoms with E-state index in [9.17, 15) is 0 Å². The van der Waals surface area contributed by atoms with E-state index in [1.165, 1.54) is 0 Å². The molecule has 0 aromatic carbocycles. The van der Waals surface area contributed by atoms with Crippen LogP contribution in [0.25, 0.3) is 0 Å². The van der Waals surface area contributed by atoms with Gasteiger partial charge in [0.2, 0.25) is 0 Å². The standard InChI is InChI=1S/C9H19NO2/c1-2-11-7-12-9-5-3-8(10)4-6-9/h8-9H,2-7,10H2,1H3. The maximum Gasteiger partial charge on any atom is 0.147 e. The van der Waals surface area contributed by atoms with Gasteiger partial charge in [0.1, 0.15) is 6.79 Å². The first-order valence-electron chi connectivity index (χ1n) is 4.78. The third-order valence-corrected chi connectivity index (χ3v) is 2.31. The van der Waals surface area contributed by atoms with Gasteiger partial charge in [-0.1, -0.05) is 0 Å². The second-order valence-corrected chi connectivity index (χ2v) is 3.31. The molecule has 72 valence electrons. The summed E-state index contributed by atoms with van der Waals surface area (Å²) in [6, 6.07) is 0.400. The molecule has 0 unspecified atom stereocenters. The van der Waals surface area contributed by atoms with E-state index in [4.69, 9.17) is 15.2 Å². The van der Waals surface area contributed by atoms with Crippen LogP contribution in [0.4, 0.5) is 0 Å². The second kappa shape index (κ2) is 5.51. The van der Waals surface area contributed by atoms with Crippen LogP contribution in [0.15, 0.2) is 0 Å². The van der Waals surface area contributed by atoms with Gasteiger partial charge in [-0.2, -0.15) is 0 Å². The molecular weight excluding hydrogens is 154 g/mol. The topological polar surface area (TPSA) is 44.5 Å². The van der Waals surface area contributed by atoms with Crippen LogP contribution >= 0.6 is 0 Å². The van der Waals surface area contributed by atoms with Crippen molar-refractivity contribution in [2.45, 2.75) is 44.8 Å². The molecule has 0 bridgehead atoms. The van der Waals surface area contributed by atoms with E-state index >= 15 is 0 Å². The summed E-state index contributed by atoms with van der Waals surface area (Å²) in [6.07, 6.45) is 4.76. The minimum Gasteiger partial charge on any atom is -0.356 e. The maximum absolute atomic E-state index is 5.76. The van der Waals surface area contributed by atoms with Crippen molar-refractivity contribution in [1.29, 1.82) is 0 Å². The average Bonchev–Trinajstić information content (AvgIpc) is 2.09. The Bertz CT molecular complexity index is 111. The Morgan fingerprint density at radius 2 is 1.92 bits per heavy atom. The van der Waals surface area contributed by atoms with Crippen LogP contribution in [0.1, 0.15) is 32.6 Å². The van der Waals surface area contributed by atoms with Crippen LogP contribution in [0.3, 0.4) is 0 Å². The van der Waals surface area contributed by atoms with E-state index in [0.717, 1.165) is 32.3 Å². The molecule has 1 saturated carbocycles. The Balaban J connectivity index is 2.01. The van der Waals surface area contributed by atoms with Crippen LogP contribution in [-0.2, 0) is 9.47 Å². The van der Waals surface area contributed by atoms with Crippen LogP contribution in [-0.4, -0.2) is 25.5 Å². The Labute approximate surface area is 74.2 Å². The Kier molecular flexibility index (Phi) is 4.58. The van der Waals surface area contributed by atoms with E-state index in [0.29, 0.717) is 18.9 Å². The SMILES string of the molecule is CCOCOC1CCC(N)CC1. The predicted molar refractivity (Wildman–Crippen MR) is 47.8 cm³/mol. The molecular formula is C9H19NO2. The molecule has 0 heterocycles. The minimum atomic E-state index is 0.386. The number of hydrogen-bond donors (Lipinski definition) is 1. The summed E-state index contributed by atoms with van der Waals surface area (Å²) in [6.45, 7) is 3.14. The zero-order valence-electron chi connectivity index (χ0n) is 7.79. The monoisotopic (exact) mass is 173 g/mol. The maximum atomic E-state index is 5.76. The van der Waals surface area contributed by atoms with Crippen LogP contribution in [0, 0.1) is 0 Å². The predicted octanol–water partition coefficient (Wildman–Crippen LogP) is 1.27. The van der Waals surface area contributed by atoms with Gasteiger partial charge in [-0.25, -0.2) is 0 Å². The fraction of sp³-hybridized carbons (Fsp3) is 1.00. The zero-order valence-corrected chi connectivity index (χ0v) is 7.79. The molecule has 0 aromatic heterocycles. The minimum absolute atomic E-state index is 0.386. The van der Waals surface area contributed by atoms with E-state index in [1.54, 1.807) is 0 Å². The summed E-state index contributed by atoms with van der Waals surface area (Å²) in [5.41, 5.74) is 5.76. The number of ether oxygens (including phenoxy) is 2. The van der Waals surface area contributed by atoms with E-state index < -0.39 is 0 Å². The number of nitrogens with two attached hydrogens (primary N) is 1. The van der Waals surface area contributed by atoms with Gasteiger partial charge in [-0.15, -0.1) is 0 Å². The molecule has 1 aliphatic carbocycles. The summed E-state index contributed by atoms with van der Waals surface area (Å²) in [5.74, 6) is 0. The molecule has 12 heavy (non-hydrogen) atoms. The fourth-order valence-corrected chi connectivity index (χ4v) is 1.48. The first kappa shape index (κ1) is 9.96. The van der Waals surface area contributed by atoms with Crippen molar-refractivity contribution >= 4 is 0 Å². The molecule has 1 aliphatic rings. The van der Waals surface area contributed by atoms with E-state index in [1.807, 2.05) is 6.92 Å². The molecule has 3 nitrogen and oxygen atoms in total. The molecule has 0 spiro atoms. The van der Waals surface area contributed by atoms with Gasteiger partial charge in [-0.05, 0) is 32.6 Å². The third kappa shape index (κ3) is 3.52. The lowest BCUT2D eigenvalue weighted by atomic mass is 9.94. The van der Waals surface area contributed by atoms with Gasteiger partial charge < -0.3 is 15.2 Å². The van der Waals surface area contributed by atoms with Crippen molar-refractivity contribution in [3.8, 4) is 0 Å². The van der Waals surface area contributed by atoms with Crippen molar-refractivity contribution in [1.82, 2.24) is 0 Å². The van der Waals surface area contributed by atoms with Crippen molar-refractivity contribution in [2.24, 2.45) is 5.73 Å². The highest BCUT2D eigenvalue weighted by Gasteiger charge is 2.18. The lowest BCUT2D eigenvalue weighted by Gasteiger charge is -2.25. The Hall–Kier alpha value is -0.120. The van der Waals surface area contributed by atoms with Gasteiger partial charge >= 0.3 is 0 Å². The third-order valence-electron chi connectivity index (χ3n) is 2.31. The van der Waals surface area contributed by atoms with E-state index in [2.05, 4.69) is 0 Å². The molecule has 0 aromatic rings. The Morgan fingerprint density at radius 3 is 2.50 bits per heavy atom. The van der Waals surface area contributed by atoms with Gasteiger partial charge in [0.25, 0.3) is 0 Å². The molecule has 0 amide bonds. The lowest BCUT2D eigenvalue weighted by Crippen LogP contribution is -2.30. The van der Waals surface area contributed by atoms with Crippen molar-refractivity contribution < 1.29 is 9.47 Å². The summed E-state index contributed by atoms with van der Waals surface area (Å²) < 4.78 is 10.6. The first-order valence-corrected chi connectivity index (χ1v) is 4.78. The molecule has 1 rings (SSSR count). The van der Waals surface area contributed by atoms with Crippen LogP contribution in [0.2, 0.25) is 0 Å². The largest absolute Gasteiger partial charge is 0.356 e. The highest BCUT2D eigenvalue weighted by atomic mass is 16.7. The highest BCUT2D eigenvalue weighted by Crippen LogP contribution is 2.19. The molecule has 0 atom stereocenters. The first-order chi connectivity index (χ1) is 5.83. The highest BCUT2D eigenvalue weighted by molar-refractivity contribution is 4.73. The number of hydrogen-bond acceptors (Lipinski definition) is 3. The summed E-state index contributed by atoms with van der Waals surface area (Å²) in [5, 5.41) is 0.